The molecule has 6 nitrogen and oxygen atoms in total. The highest BCUT2D eigenvalue weighted by Gasteiger charge is 2.31. The highest BCUT2D eigenvalue weighted by atomic mass is 35.5. The highest BCUT2D eigenvalue weighted by Crippen LogP contribution is 2.45. The zero-order valence-corrected chi connectivity index (χ0v) is 23.3. The highest BCUT2D eigenvalue weighted by molar-refractivity contribution is 7.19. The first kappa shape index (κ1) is 26.1. The van der Waals surface area contributed by atoms with Gasteiger partial charge in [0.05, 0.1) is 10.4 Å². The summed E-state index contributed by atoms with van der Waals surface area (Å²) in [5.41, 5.74) is 11.1. The Morgan fingerprint density at radius 3 is 2.78 bits per heavy atom. The maximum atomic E-state index is 14.9. The second-order valence-electron chi connectivity index (χ2n) is 9.29. The molecular weight excluding hydrogens is 516 g/mol. The summed E-state index contributed by atoms with van der Waals surface area (Å²) in [6.07, 6.45) is 5.02. The van der Waals surface area contributed by atoms with Crippen LogP contribution in [0.1, 0.15) is 53.6 Å². The third-order valence-electron chi connectivity index (χ3n) is 7.24. The Morgan fingerprint density at radius 1 is 1.25 bits per heavy atom. The number of thiophene rings is 1. The Hall–Kier alpha value is -1.54. The number of benzene rings is 1. The average Bonchev–Trinajstić information content (AvgIpc) is 3.53. The molecule has 0 saturated carbocycles. The molecule has 3 aliphatic rings. The lowest BCUT2D eigenvalue weighted by Crippen LogP contribution is -2.29. The van der Waals surface area contributed by atoms with Crippen LogP contribution in [0.15, 0.2) is 24.3 Å². The lowest BCUT2D eigenvalue weighted by atomic mass is 9.94. The van der Waals surface area contributed by atoms with Crippen LogP contribution in [0.3, 0.4) is 0 Å². The molecule has 2 unspecified atom stereocenters. The predicted octanol–water partition coefficient (Wildman–Crippen LogP) is 5.76. The number of hydrogen-bond acceptors (Lipinski definition) is 6. The van der Waals surface area contributed by atoms with Gasteiger partial charge in [-0.25, -0.2) is 4.39 Å². The normalized spacial score (nSPS) is 18.8. The summed E-state index contributed by atoms with van der Waals surface area (Å²) in [6.45, 7) is 4.29. The molecule has 3 aliphatic heterocycles. The van der Waals surface area contributed by atoms with E-state index in [0.29, 0.717) is 11.6 Å². The largest absolute Gasteiger partial charge is 0.381 e. The van der Waals surface area contributed by atoms with Crippen molar-refractivity contribution in [1.82, 2.24) is 15.1 Å². The van der Waals surface area contributed by atoms with E-state index in [-0.39, 0.29) is 0 Å². The van der Waals surface area contributed by atoms with Crippen LogP contribution in [0.25, 0.3) is 10.4 Å². The van der Waals surface area contributed by atoms with Gasteiger partial charge in [0.15, 0.2) is 5.82 Å². The van der Waals surface area contributed by atoms with Crippen LogP contribution >= 0.6 is 32.2 Å². The van der Waals surface area contributed by atoms with Crippen molar-refractivity contribution in [3.63, 3.8) is 0 Å². The summed E-state index contributed by atoms with van der Waals surface area (Å²) in [6, 6.07) is 8.49. The molecule has 2 atom stereocenters. The predicted molar refractivity (Wildman–Crippen MR) is 150 cm³/mol. The minimum Gasteiger partial charge on any atom is -0.381 e. The number of nitrogens with one attached hydrogen (secondary N) is 1. The third kappa shape index (κ3) is 4.96. The first-order valence-electron chi connectivity index (χ1n) is 12.7. The average molecular weight is 550 g/mol. The van der Waals surface area contributed by atoms with Crippen LogP contribution in [0.4, 0.5) is 15.9 Å². The molecule has 5 heterocycles. The Bertz CT molecular complexity index is 1210. The standard InChI is InChI=1S/C25H29ClFN4OPS.CH5N/c26-23-4-3-22(34-23)17-12-15-2-1-9-30(21(15)13-18(17)24(27)33)25-19-14-28-8-5-20(19)31(29-25)16-6-10-32-11-7-16;1-2/h3-4,12-13,16,24,28H,1-2,5-11,14,33H2;2H2,1H3. The van der Waals surface area contributed by atoms with E-state index in [0.717, 1.165) is 91.2 Å². The number of halogens is 2. The number of hydrogen-bond donors (Lipinski definition) is 2. The number of aryl methyl sites for hydroxylation is 1. The van der Waals surface area contributed by atoms with Crippen LogP contribution in [0.5, 0.6) is 0 Å². The molecule has 6 rings (SSSR count). The van der Waals surface area contributed by atoms with Gasteiger partial charge in [0.25, 0.3) is 0 Å². The number of aromatic nitrogens is 2. The summed E-state index contributed by atoms with van der Waals surface area (Å²) in [5, 5.41) is 8.77. The van der Waals surface area contributed by atoms with E-state index in [4.69, 9.17) is 21.4 Å². The number of fused-ring (bicyclic) bond motifs is 2. The molecule has 2 aromatic heterocycles. The van der Waals surface area contributed by atoms with Crippen molar-refractivity contribution in [2.24, 2.45) is 5.73 Å². The Morgan fingerprint density at radius 2 is 2.06 bits per heavy atom. The lowest BCUT2D eigenvalue weighted by molar-refractivity contribution is 0.0653. The summed E-state index contributed by atoms with van der Waals surface area (Å²) < 4.78 is 23.5. The molecule has 0 radical (unpaired) electrons. The van der Waals surface area contributed by atoms with E-state index in [1.165, 1.54) is 35.2 Å². The van der Waals surface area contributed by atoms with Gasteiger partial charge in [0.2, 0.25) is 0 Å². The van der Waals surface area contributed by atoms with Crippen molar-refractivity contribution < 1.29 is 9.13 Å². The summed E-state index contributed by atoms with van der Waals surface area (Å²) >= 11 is 7.71. The van der Waals surface area contributed by atoms with Gasteiger partial charge in [-0.3, -0.25) is 4.68 Å². The molecule has 0 amide bonds. The quantitative estimate of drug-likeness (QED) is 0.405. The van der Waals surface area contributed by atoms with E-state index in [9.17, 15) is 4.39 Å². The van der Waals surface area contributed by atoms with Crippen LogP contribution in [0.2, 0.25) is 4.34 Å². The zero-order chi connectivity index (χ0) is 25.2. The van der Waals surface area contributed by atoms with Gasteiger partial charge in [0, 0.05) is 66.7 Å². The summed E-state index contributed by atoms with van der Waals surface area (Å²) in [4.78, 5) is 3.35. The Kier molecular flexibility index (Phi) is 8.30. The first-order valence-corrected chi connectivity index (χ1v) is 14.5. The second-order valence-corrected chi connectivity index (χ2v) is 11.6. The first-order chi connectivity index (χ1) is 17.6. The minimum atomic E-state index is -1.15. The van der Waals surface area contributed by atoms with E-state index in [1.807, 2.05) is 18.2 Å². The molecule has 36 heavy (non-hydrogen) atoms. The number of nitrogens with zero attached hydrogens (tertiary/aromatic N) is 3. The molecule has 10 heteroatoms. The van der Waals surface area contributed by atoms with Gasteiger partial charge >= 0.3 is 0 Å². The van der Waals surface area contributed by atoms with Crippen LogP contribution in [-0.4, -0.2) is 43.1 Å². The van der Waals surface area contributed by atoms with Crippen molar-refractivity contribution in [3.05, 3.63) is 51.0 Å². The molecular formula is C26H34ClFN5OPS. The fourth-order valence-electron chi connectivity index (χ4n) is 5.57. The fraction of sp³-hybridized carbons (Fsp3) is 0.500. The molecule has 0 bridgehead atoms. The number of nitrogens with two attached hydrogens (primary N) is 1. The molecule has 0 aliphatic carbocycles. The van der Waals surface area contributed by atoms with E-state index in [2.05, 4.69) is 35.9 Å². The molecule has 0 spiro atoms. The maximum Gasteiger partial charge on any atom is 0.159 e. The van der Waals surface area contributed by atoms with Gasteiger partial charge in [0.1, 0.15) is 5.91 Å². The van der Waals surface area contributed by atoms with Gasteiger partial charge in [-0.05, 0) is 68.1 Å². The second kappa shape index (κ2) is 11.5. The van der Waals surface area contributed by atoms with Gasteiger partial charge in [-0.15, -0.1) is 11.3 Å². The number of anilines is 2. The third-order valence-corrected chi connectivity index (χ3v) is 8.86. The monoisotopic (exact) mass is 549 g/mol. The lowest BCUT2D eigenvalue weighted by Gasteiger charge is -2.32. The van der Waals surface area contributed by atoms with Crippen molar-refractivity contribution in [1.29, 1.82) is 0 Å². The molecule has 3 aromatic rings. The summed E-state index contributed by atoms with van der Waals surface area (Å²) in [7, 11) is 3.83. The van der Waals surface area contributed by atoms with E-state index < -0.39 is 5.91 Å². The van der Waals surface area contributed by atoms with Gasteiger partial charge in [-0.2, -0.15) is 5.10 Å². The molecule has 1 fully saturated rings. The molecule has 194 valence electrons. The van der Waals surface area contributed by atoms with Gasteiger partial charge < -0.3 is 20.7 Å². The van der Waals surface area contributed by atoms with Gasteiger partial charge in [-0.1, -0.05) is 20.8 Å². The topological polar surface area (TPSA) is 68.3 Å². The SMILES string of the molecule is CN.FC(P)c1cc2c(cc1-c1ccc(Cl)s1)CCCN2c1nn(C2CCOCC2)c2c1CNCC2. The molecule has 1 aromatic carbocycles. The minimum absolute atomic E-state index is 0.391. The fourth-order valence-corrected chi connectivity index (χ4v) is 6.93. The molecule has 1 saturated heterocycles. The number of alkyl halides is 1. The van der Waals surface area contributed by atoms with Crippen molar-refractivity contribution in [3.8, 4) is 10.4 Å². The number of rotatable bonds is 4. The van der Waals surface area contributed by atoms with E-state index >= 15 is 0 Å². The summed E-state index contributed by atoms with van der Waals surface area (Å²) in [5.74, 6) is -0.119. The molecule has 3 N–H and O–H groups in total. The van der Waals surface area contributed by atoms with Crippen molar-refractivity contribution in [2.75, 3.05) is 38.3 Å². The van der Waals surface area contributed by atoms with Crippen LogP contribution in [-0.2, 0) is 24.1 Å². The number of ether oxygens (including phenoxy) is 1. The van der Waals surface area contributed by atoms with Crippen molar-refractivity contribution in [2.45, 2.75) is 50.6 Å². The zero-order valence-electron chi connectivity index (χ0n) is 20.6. The van der Waals surface area contributed by atoms with Crippen LogP contribution < -0.4 is 16.0 Å². The smallest absolute Gasteiger partial charge is 0.159 e. The Labute approximate surface area is 223 Å². The van der Waals surface area contributed by atoms with Crippen molar-refractivity contribution >= 4 is 43.7 Å². The maximum absolute atomic E-state index is 14.9. The Balaban J connectivity index is 0.00000130. The van der Waals surface area contributed by atoms with Crippen LogP contribution in [0, 0.1) is 0 Å². The van der Waals surface area contributed by atoms with E-state index in [1.54, 1.807) is 0 Å².